The Morgan fingerprint density at radius 3 is 2.70 bits per heavy atom. The number of nitro groups is 1. The fraction of sp³-hybridized carbons (Fsp3) is 0.600. The molecule has 0 radical (unpaired) electrons. The molecule has 20 heavy (non-hydrogen) atoms. The smallest absolute Gasteiger partial charge is 0.269 e. The Balaban J connectivity index is 2.38. The average molecular weight is 278 g/mol. The van der Waals surface area contributed by atoms with E-state index in [-0.39, 0.29) is 12.3 Å². The second-order valence-corrected chi connectivity index (χ2v) is 5.94. The predicted molar refractivity (Wildman–Crippen MR) is 78.8 cm³/mol. The molecule has 0 bridgehead atoms. The van der Waals surface area contributed by atoms with Crippen molar-refractivity contribution in [3.63, 3.8) is 0 Å². The largest absolute Gasteiger partial charge is 0.392 e. The number of aliphatic hydroxyl groups excluding tert-OH is 1. The number of benzene rings is 1. The van der Waals surface area contributed by atoms with Crippen LogP contribution in [0.25, 0.3) is 0 Å². The zero-order chi connectivity index (χ0) is 14.9. The van der Waals surface area contributed by atoms with E-state index in [1.54, 1.807) is 6.07 Å². The number of nitro benzene ring substituents is 1. The topological polar surface area (TPSA) is 66.6 Å². The van der Waals surface area contributed by atoms with E-state index in [0.29, 0.717) is 23.4 Å². The maximum atomic E-state index is 10.8. The summed E-state index contributed by atoms with van der Waals surface area (Å²) < 4.78 is 0. The maximum Gasteiger partial charge on any atom is 0.269 e. The first-order chi connectivity index (χ1) is 9.43. The molecule has 2 rings (SSSR count). The van der Waals surface area contributed by atoms with Gasteiger partial charge in [-0.05, 0) is 31.2 Å². The molecule has 0 aromatic heterocycles. The lowest BCUT2D eigenvalue weighted by molar-refractivity contribution is -0.384. The number of nitrogens with zero attached hydrogens (tertiary/aromatic N) is 2. The molecule has 0 aliphatic carbocycles. The molecule has 1 saturated heterocycles. The molecular formula is C15H22N2O3. The quantitative estimate of drug-likeness (QED) is 0.682. The summed E-state index contributed by atoms with van der Waals surface area (Å²) in [7, 11) is 0. The van der Waals surface area contributed by atoms with E-state index < -0.39 is 4.92 Å². The number of non-ortho nitro benzene ring substituents is 1. The molecule has 0 saturated carbocycles. The summed E-state index contributed by atoms with van der Waals surface area (Å²) in [6.45, 7) is 7.38. The number of piperidine rings is 1. The van der Waals surface area contributed by atoms with Gasteiger partial charge in [0.05, 0.1) is 11.5 Å². The minimum absolute atomic E-state index is 0.0311. The van der Waals surface area contributed by atoms with Crippen molar-refractivity contribution in [3.8, 4) is 0 Å². The Kier molecular flexibility index (Phi) is 4.28. The Hall–Kier alpha value is -1.62. The minimum atomic E-state index is -0.423. The van der Waals surface area contributed by atoms with Gasteiger partial charge in [-0.25, -0.2) is 0 Å². The van der Waals surface area contributed by atoms with Crippen molar-refractivity contribution in [1.29, 1.82) is 0 Å². The number of rotatable bonds is 3. The van der Waals surface area contributed by atoms with Gasteiger partial charge >= 0.3 is 0 Å². The predicted octanol–water partition coefficient (Wildman–Crippen LogP) is 2.96. The summed E-state index contributed by atoms with van der Waals surface area (Å²) in [4.78, 5) is 12.7. The van der Waals surface area contributed by atoms with E-state index in [4.69, 9.17) is 0 Å². The number of aliphatic hydroxyl groups is 1. The second kappa shape index (κ2) is 5.79. The van der Waals surface area contributed by atoms with E-state index in [0.717, 1.165) is 12.2 Å². The highest BCUT2D eigenvalue weighted by atomic mass is 16.6. The molecule has 1 fully saturated rings. The van der Waals surface area contributed by atoms with Gasteiger partial charge < -0.3 is 10.0 Å². The average Bonchev–Trinajstić information content (AvgIpc) is 2.42. The van der Waals surface area contributed by atoms with Gasteiger partial charge in [0.25, 0.3) is 5.69 Å². The molecule has 3 unspecified atom stereocenters. The van der Waals surface area contributed by atoms with Crippen molar-refractivity contribution in [2.45, 2.75) is 39.8 Å². The summed E-state index contributed by atoms with van der Waals surface area (Å²) in [6, 6.07) is 5.14. The molecule has 1 N–H and O–H groups in total. The molecule has 110 valence electrons. The first kappa shape index (κ1) is 14.8. The standard InChI is InChI=1S/C15H22N2O3/c1-10-6-11(2)12(3)16(8-10)15-5-4-14(17(19)20)7-13(15)9-18/h4-5,7,10-12,18H,6,8-9H2,1-3H3. The molecule has 5 heteroatoms. The zero-order valence-electron chi connectivity index (χ0n) is 12.2. The highest BCUT2D eigenvalue weighted by molar-refractivity contribution is 5.58. The normalized spacial score (nSPS) is 26.6. The van der Waals surface area contributed by atoms with Crippen LogP contribution in [0, 0.1) is 22.0 Å². The first-order valence-corrected chi connectivity index (χ1v) is 7.08. The van der Waals surface area contributed by atoms with Crippen molar-refractivity contribution >= 4 is 11.4 Å². The Morgan fingerprint density at radius 2 is 2.10 bits per heavy atom. The monoisotopic (exact) mass is 278 g/mol. The van der Waals surface area contributed by atoms with E-state index in [9.17, 15) is 15.2 Å². The van der Waals surface area contributed by atoms with Crippen LogP contribution >= 0.6 is 0 Å². The Morgan fingerprint density at radius 1 is 1.40 bits per heavy atom. The van der Waals surface area contributed by atoms with Crippen molar-refractivity contribution in [2.24, 2.45) is 11.8 Å². The summed E-state index contributed by atoms with van der Waals surface area (Å²) in [5.74, 6) is 1.16. The molecular weight excluding hydrogens is 256 g/mol. The van der Waals surface area contributed by atoms with E-state index in [1.165, 1.54) is 18.6 Å². The number of anilines is 1. The van der Waals surface area contributed by atoms with E-state index >= 15 is 0 Å². The van der Waals surface area contributed by atoms with Gasteiger partial charge in [-0.1, -0.05) is 13.8 Å². The van der Waals surface area contributed by atoms with Crippen molar-refractivity contribution < 1.29 is 10.0 Å². The highest BCUT2D eigenvalue weighted by Gasteiger charge is 2.30. The van der Waals surface area contributed by atoms with Crippen LogP contribution in [0.15, 0.2) is 18.2 Å². The highest BCUT2D eigenvalue weighted by Crippen LogP contribution is 2.34. The number of hydrogen-bond acceptors (Lipinski definition) is 4. The molecule has 0 spiro atoms. The van der Waals surface area contributed by atoms with Gasteiger partial charge in [-0.3, -0.25) is 10.1 Å². The van der Waals surface area contributed by atoms with E-state index in [2.05, 4.69) is 25.7 Å². The molecule has 1 heterocycles. The lowest BCUT2D eigenvalue weighted by Crippen LogP contribution is -2.46. The third-order valence-corrected chi connectivity index (χ3v) is 4.35. The fourth-order valence-electron chi connectivity index (χ4n) is 3.13. The fourth-order valence-corrected chi connectivity index (χ4v) is 3.13. The second-order valence-electron chi connectivity index (χ2n) is 5.94. The molecule has 5 nitrogen and oxygen atoms in total. The van der Waals surface area contributed by atoms with Gasteiger partial charge in [0.1, 0.15) is 0 Å². The Labute approximate surface area is 119 Å². The maximum absolute atomic E-state index is 10.8. The molecule has 0 amide bonds. The van der Waals surface area contributed by atoms with Gasteiger partial charge in [0.2, 0.25) is 0 Å². The van der Waals surface area contributed by atoms with Gasteiger partial charge in [-0.15, -0.1) is 0 Å². The summed E-state index contributed by atoms with van der Waals surface area (Å²) in [5.41, 5.74) is 1.58. The zero-order valence-corrected chi connectivity index (χ0v) is 12.2. The van der Waals surface area contributed by atoms with Crippen LogP contribution < -0.4 is 4.90 Å². The van der Waals surface area contributed by atoms with E-state index in [1.807, 2.05) is 0 Å². The lowest BCUT2D eigenvalue weighted by Gasteiger charge is -2.43. The van der Waals surface area contributed by atoms with Gasteiger partial charge in [-0.2, -0.15) is 0 Å². The molecule has 1 aliphatic heterocycles. The summed E-state index contributed by atoms with van der Waals surface area (Å²) in [5, 5.41) is 20.4. The van der Waals surface area contributed by atoms with Crippen molar-refractivity contribution in [3.05, 3.63) is 33.9 Å². The molecule has 3 atom stereocenters. The molecule has 1 aromatic carbocycles. The number of hydrogen-bond donors (Lipinski definition) is 1. The molecule has 1 aromatic rings. The third kappa shape index (κ3) is 2.77. The SMILES string of the molecule is CC1CC(C)C(C)N(c2ccc([N+](=O)[O-])cc2CO)C1. The van der Waals surface area contributed by atoms with Crippen LogP contribution in [0.2, 0.25) is 0 Å². The van der Waals surface area contributed by atoms with Gasteiger partial charge in [0.15, 0.2) is 0 Å². The lowest BCUT2D eigenvalue weighted by atomic mass is 9.85. The summed E-state index contributed by atoms with van der Waals surface area (Å²) in [6.07, 6.45) is 1.19. The minimum Gasteiger partial charge on any atom is -0.392 e. The first-order valence-electron chi connectivity index (χ1n) is 7.08. The van der Waals surface area contributed by atoms with Crippen molar-refractivity contribution in [2.75, 3.05) is 11.4 Å². The van der Waals surface area contributed by atoms with Gasteiger partial charge in [0, 0.05) is 36.0 Å². The van der Waals surface area contributed by atoms with Crippen LogP contribution in [0.1, 0.15) is 32.8 Å². The van der Waals surface area contributed by atoms with Crippen LogP contribution in [0.4, 0.5) is 11.4 Å². The molecule has 1 aliphatic rings. The Bertz CT molecular complexity index is 504. The summed E-state index contributed by atoms with van der Waals surface area (Å²) >= 11 is 0. The van der Waals surface area contributed by atoms with Crippen LogP contribution in [-0.4, -0.2) is 22.6 Å². The van der Waals surface area contributed by atoms with Crippen LogP contribution in [0.3, 0.4) is 0 Å². The van der Waals surface area contributed by atoms with Crippen LogP contribution in [-0.2, 0) is 6.61 Å². The third-order valence-electron chi connectivity index (χ3n) is 4.35. The van der Waals surface area contributed by atoms with Crippen LogP contribution in [0.5, 0.6) is 0 Å². The van der Waals surface area contributed by atoms with Crippen molar-refractivity contribution in [1.82, 2.24) is 0 Å².